The zero-order valence-electron chi connectivity index (χ0n) is 10.2. The molecular formula is C13H15NO5. The highest BCUT2D eigenvalue weighted by Gasteiger charge is 2.29. The zero-order valence-corrected chi connectivity index (χ0v) is 10.2. The van der Waals surface area contributed by atoms with E-state index in [1.807, 2.05) is 0 Å². The predicted molar refractivity (Wildman–Crippen MR) is 67.5 cm³/mol. The number of hydrogen-bond acceptors (Lipinski definition) is 4. The number of alkyl carbamates (subject to hydrolysis) is 1. The predicted octanol–water partition coefficient (Wildman–Crippen LogP) is 1.09. The van der Waals surface area contributed by atoms with Crippen molar-refractivity contribution in [3.05, 3.63) is 48.6 Å². The van der Waals surface area contributed by atoms with Crippen molar-refractivity contribution in [1.29, 1.82) is 0 Å². The monoisotopic (exact) mass is 265 g/mol. The van der Waals surface area contributed by atoms with Gasteiger partial charge < -0.3 is 20.3 Å². The van der Waals surface area contributed by atoms with Crippen molar-refractivity contribution in [3.8, 4) is 0 Å². The third kappa shape index (κ3) is 4.44. The van der Waals surface area contributed by atoms with Crippen LogP contribution in [0.1, 0.15) is 11.7 Å². The second-order valence-electron chi connectivity index (χ2n) is 3.70. The first-order valence-electron chi connectivity index (χ1n) is 5.56. The number of carboxylic acids is 1. The van der Waals surface area contributed by atoms with Crippen molar-refractivity contribution in [2.24, 2.45) is 0 Å². The smallest absolute Gasteiger partial charge is 0.408 e. The highest BCUT2D eigenvalue weighted by Crippen LogP contribution is 2.16. The van der Waals surface area contributed by atoms with Crippen LogP contribution in [0.25, 0.3) is 0 Å². The molecule has 0 fully saturated rings. The van der Waals surface area contributed by atoms with Gasteiger partial charge in [-0.2, -0.15) is 0 Å². The van der Waals surface area contributed by atoms with Gasteiger partial charge in [0, 0.05) is 0 Å². The molecule has 6 nitrogen and oxygen atoms in total. The first-order valence-corrected chi connectivity index (χ1v) is 5.56. The van der Waals surface area contributed by atoms with Crippen LogP contribution >= 0.6 is 0 Å². The molecule has 0 aliphatic rings. The van der Waals surface area contributed by atoms with Crippen LogP contribution in [-0.4, -0.2) is 34.9 Å². The van der Waals surface area contributed by atoms with Crippen LogP contribution in [0.2, 0.25) is 0 Å². The minimum atomic E-state index is -1.49. The molecule has 2 unspecified atom stereocenters. The van der Waals surface area contributed by atoms with Crippen molar-refractivity contribution in [2.45, 2.75) is 12.1 Å². The average molecular weight is 265 g/mol. The summed E-state index contributed by atoms with van der Waals surface area (Å²) in [5, 5.41) is 21.1. The molecule has 0 saturated heterocycles. The van der Waals surface area contributed by atoms with Gasteiger partial charge in [0.25, 0.3) is 0 Å². The Hall–Kier alpha value is -2.34. The number of ether oxygens (including phenoxy) is 1. The van der Waals surface area contributed by atoms with Gasteiger partial charge in [-0.25, -0.2) is 9.59 Å². The molecule has 0 radical (unpaired) electrons. The molecule has 0 spiro atoms. The van der Waals surface area contributed by atoms with Gasteiger partial charge in [0.1, 0.15) is 12.7 Å². The molecule has 6 heteroatoms. The zero-order chi connectivity index (χ0) is 14.3. The first kappa shape index (κ1) is 14.7. The third-order valence-corrected chi connectivity index (χ3v) is 2.33. The van der Waals surface area contributed by atoms with Crippen molar-refractivity contribution < 1.29 is 24.5 Å². The molecule has 0 bridgehead atoms. The summed E-state index contributed by atoms with van der Waals surface area (Å²) in [5.74, 6) is -1.35. The summed E-state index contributed by atoms with van der Waals surface area (Å²) in [6.07, 6.45) is -0.944. The highest BCUT2D eigenvalue weighted by molar-refractivity contribution is 5.80. The molecular weight excluding hydrogens is 250 g/mol. The molecule has 1 aromatic carbocycles. The van der Waals surface area contributed by atoms with Gasteiger partial charge >= 0.3 is 12.1 Å². The SMILES string of the molecule is C=CCOC(=O)NC(C(=O)O)C(O)c1ccccc1. The van der Waals surface area contributed by atoms with Crippen LogP contribution < -0.4 is 5.32 Å². The van der Waals surface area contributed by atoms with E-state index in [-0.39, 0.29) is 6.61 Å². The molecule has 0 aromatic heterocycles. The molecule has 0 aliphatic heterocycles. The van der Waals surface area contributed by atoms with E-state index in [1.165, 1.54) is 6.08 Å². The van der Waals surface area contributed by atoms with E-state index in [9.17, 15) is 14.7 Å². The van der Waals surface area contributed by atoms with Gasteiger partial charge in [-0.05, 0) is 5.56 Å². The molecule has 3 N–H and O–H groups in total. The minimum absolute atomic E-state index is 0.0421. The van der Waals surface area contributed by atoms with E-state index < -0.39 is 24.2 Å². The van der Waals surface area contributed by atoms with E-state index in [0.717, 1.165) is 0 Å². The number of carboxylic acid groups (broad SMARTS) is 1. The quantitative estimate of drug-likeness (QED) is 0.669. The summed E-state index contributed by atoms with van der Waals surface area (Å²) in [5.41, 5.74) is 0.388. The Labute approximate surface area is 110 Å². The molecule has 0 heterocycles. The number of benzene rings is 1. The fourth-order valence-corrected chi connectivity index (χ4v) is 1.42. The molecule has 1 rings (SSSR count). The molecule has 0 saturated carbocycles. The van der Waals surface area contributed by atoms with E-state index in [0.29, 0.717) is 5.56 Å². The summed E-state index contributed by atoms with van der Waals surface area (Å²) in [7, 11) is 0. The Morgan fingerprint density at radius 3 is 2.53 bits per heavy atom. The Bertz CT molecular complexity index is 446. The number of rotatable bonds is 6. The van der Waals surface area contributed by atoms with Crippen LogP contribution in [0, 0.1) is 0 Å². The van der Waals surface area contributed by atoms with E-state index in [2.05, 4.69) is 16.6 Å². The van der Waals surface area contributed by atoms with Gasteiger partial charge in [-0.15, -0.1) is 0 Å². The summed E-state index contributed by atoms with van der Waals surface area (Å²) < 4.78 is 4.62. The number of hydrogen-bond donors (Lipinski definition) is 3. The molecule has 102 valence electrons. The number of nitrogens with one attached hydrogen (secondary N) is 1. The van der Waals surface area contributed by atoms with Gasteiger partial charge in [0.2, 0.25) is 0 Å². The minimum Gasteiger partial charge on any atom is -0.480 e. The Balaban J connectivity index is 2.75. The molecule has 1 amide bonds. The van der Waals surface area contributed by atoms with Crippen molar-refractivity contribution >= 4 is 12.1 Å². The molecule has 0 aliphatic carbocycles. The standard InChI is InChI=1S/C13H15NO5/c1-2-8-19-13(18)14-10(12(16)17)11(15)9-6-4-3-5-7-9/h2-7,10-11,15H,1,8H2,(H,14,18)(H,16,17). The van der Waals surface area contributed by atoms with Crippen LogP contribution in [-0.2, 0) is 9.53 Å². The fourth-order valence-electron chi connectivity index (χ4n) is 1.42. The van der Waals surface area contributed by atoms with Crippen LogP contribution in [0.15, 0.2) is 43.0 Å². The number of amides is 1. The molecule has 19 heavy (non-hydrogen) atoms. The summed E-state index contributed by atoms with van der Waals surface area (Å²) >= 11 is 0. The normalized spacial score (nSPS) is 13.1. The second kappa shape index (κ2) is 7.17. The number of carbonyl (C=O) groups excluding carboxylic acids is 1. The molecule has 2 atom stereocenters. The lowest BCUT2D eigenvalue weighted by atomic mass is 10.0. The Kier molecular flexibility index (Phi) is 5.56. The maximum absolute atomic E-state index is 11.3. The maximum Gasteiger partial charge on any atom is 0.408 e. The van der Waals surface area contributed by atoms with E-state index in [1.54, 1.807) is 30.3 Å². The van der Waals surface area contributed by atoms with Crippen molar-refractivity contribution in [3.63, 3.8) is 0 Å². The van der Waals surface area contributed by atoms with Gasteiger partial charge in [0.05, 0.1) is 0 Å². The lowest BCUT2D eigenvalue weighted by molar-refractivity contribution is -0.142. The Morgan fingerprint density at radius 1 is 1.37 bits per heavy atom. The van der Waals surface area contributed by atoms with Crippen LogP contribution in [0.3, 0.4) is 0 Å². The van der Waals surface area contributed by atoms with Crippen LogP contribution in [0.5, 0.6) is 0 Å². The maximum atomic E-state index is 11.3. The van der Waals surface area contributed by atoms with Crippen molar-refractivity contribution in [2.75, 3.05) is 6.61 Å². The summed E-state index contributed by atoms with van der Waals surface area (Å²) in [4.78, 5) is 22.4. The lowest BCUT2D eigenvalue weighted by Gasteiger charge is -2.20. The van der Waals surface area contributed by atoms with Crippen LogP contribution in [0.4, 0.5) is 4.79 Å². The number of aliphatic carboxylic acids is 1. The number of aliphatic hydroxyl groups excluding tert-OH is 1. The summed E-state index contributed by atoms with van der Waals surface area (Å²) in [6.45, 7) is 3.32. The number of carbonyl (C=O) groups is 2. The lowest BCUT2D eigenvalue weighted by Crippen LogP contribution is -2.45. The number of aliphatic hydroxyl groups is 1. The average Bonchev–Trinajstić information content (AvgIpc) is 2.42. The van der Waals surface area contributed by atoms with Crippen molar-refractivity contribution in [1.82, 2.24) is 5.32 Å². The molecule has 1 aromatic rings. The van der Waals surface area contributed by atoms with E-state index >= 15 is 0 Å². The van der Waals surface area contributed by atoms with Gasteiger partial charge in [0.15, 0.2) is 6.04 Å². The topological polar surface area (TPSA) is 95.9 Å². The fraction of sp³-hybridized carbons (Fsp3) is 0.231. The Morgan fingerprint density at radius 2 is 2.00 bits per heavy atom. The third-order valence-electron chi connectivity index (χ3n) is 2.33. The summed E-state index contributed by atoms with van der Waals surface area (Å²) in [6, 6.07) is 6.70. The van der Waals surface area contributed by atoms with Gasteiger partial charge in [-0.1, -0.05) is 43.0 Å². The van der Waals surface area contributed by atoms with Gasteiger partial charge in [-0.3, -0.25) is 0 Å². The second-order valence-corrected chi connectivity index (χ2v) is 3.70. The largest absolute Gasteiger partial charge is 0.480 e. The first-order chi connectivity index (χ1) is 9.06. The highest BCUT2D eigenvalue weighted by atomic mass is 16.5. The van der Waals surface area contributed by atoms with E-state index in [4.69, 9.17) is 5.11 Å².